The van der Waals surface area contributed by atoms with E-state index in [1.807, 2.05) is 37.3 Å². The number of morpholine rings is 1. The third-order valence-electron chi connectivity index (χ3n) is 5.05. The van der Waals surface area contributed by atoms with Gasteiger partial charge in [0.05, 0.1) is 18.8 Å². The molecule has 0 unspecified atom stereocenters. The van der Waals surface area contributed by atoms with Gasteiger partial charge in [-0.15, -0.1) is 0 Å². The molecule has 0 saturated carbocycles. The number of rotatable bonds is 8. The van der Waals surface area contributed by atoms with Gasteiger partial charge in [0.1, 0.15) is 5.82 Å². The smallest absolute Gasteiger partial charge is 0.257 e. The highest BCUT2D eigenvalue weighted by Crippen LogP contribution is 2.14. The second kappa shape index (κ2) is 10.9. The molecule has 0 aliphatic carbocycles. The van der Waals surface area contributed by atoms with Crippen molar-refractivity contribution in [1.29, 1.82) is 0 Å². The van der Waals surface area contributed by atoms with Crippen molar-refractivity contribution >= 4 is 12.0 Å². The van der Waals surface area contributed by atoms with Gasteiger partial charge >= 0.3 is 0 Å². The van der Waals surface area contributed by atoms with E-state index in [1.165, 1.54) is 6.07 Å². The van der Waals surface area contributed by atoms with Crippen molar-refractivity contribution in [1.82, 2.24) is 9.80 Å². The van der Waals surface area contributed by atoms with E-state index in [1.54, 1.807) is 23.1 Å². The number of benzene rings is 2. The highest BCUT2D eigenvalue weighted by molar-refractivity contribution is 5.94. The van der Waals surface area contributed by atoms with Crippen LogP contribution in [0.5, 0.6) is 0 Å². The fourth-order valence-electron chi connectivity index (χ4n) is 3.55. The second-order valence-electron chi connectivity index (χ2n) is 7.42. The van der Waals surface area contributed by atoms with Crippen LogP contribution in [0.2, 0.25) is 0 Å². The minimum absolute atomic E-state index is 0.131. The number of nitrogens with zero attached hydrogens (tertiary/aromatic N) is 2. The highest BCUT2D eigenvalue weighted by atomic mass is 19.1. The summed E-state index contributed by atoms with van der Waals surface area (Å²) in [6, 6.07) is 16.2. The summed E-state index contributed by atoms with van der Waals surface area (Å²) in [5, 5.41) is 0. The van der Waals surface area contributed by atoms with Crippen LogP contribution in [-0.4, -0.2) is 61.6 Å². The molecule has 5 heteroatoms. The third kappa shape index (κ3) is 6.51. The lowest BCUT2D eigenvalue weighted by Crippen LogP contribution is -2.39. The van der Waals surface area contributed by atoms with Gasteiger partial charge in [0.25, 0.3) is 5.91 Å². The minimum Gasteiger partial charge on any atom is -0.379 e. The lowest BCUT2D eigenvalue weighted by molar-refractivity contribution is 0.0358. The van der Waals surface area contributed by atoms with Crippen LogP contribution in [0, 0.1) is 5.82 Å². The van der Waals surface area contributed by atoms with Gasteiger partial charge in [0.15, 0.2) is 0 Å². The van der Waals surface area contributed by atoms with Gasteiger partial charge in [0, 0.05) is 32.7 Å². The van der Waals surface area contributed by atoms with Crippen molar-refractivity contribution < 1.29 is 13.9 Å². The van der Waals surface area contributed by atoms with Gasteiger partial charge in [-0.1, -0.05) is 54.1 Å². The normalized spacial score (nSPS) is 15.3. The van der Waals surface area contributed by atoms with Crippen LogP contribution in [0.3, 0.4) is 0 Å². The lowest BCUT2D eigenvalue weighted by Gasteiger charge is -2.28. The SMILES string of the molecule is C/C(=C\c1ccccc1)CN(CCCN1CCOCC1)C(=O)c1ccccc1F. The molecule has 2 aromatic carbocycles. The van der Waals surface area contributed by atoms with Crippen LogP contribution in [0.25, 0.3) is 6.08 Å². The maximum Gasteiger partial charge on any atom is 0.257 e. The van der Waals surface area contributed by atoms with Crippen LogP contribution in [0.4, 0.5) is 4.39 Å². The first-order chi connectivity index (χ1) is 14.1. The van der Waals surface area contributed by atoms with Crippen molar-refractivity contribution in [2.75, 3.05) is 45.9 Å². The zero-order valence-corrected chi connectivity index (χ0v) is 17.0. The first-order valence-electron chi connectivity index (χ1n) is 10.2. The molecule has 1 heterocycles. The summed E-state index contributed by atoms with van der Waals surface area (Å²) in [5.74, 6) is -0.730. The molecule has 1 fully saturated rings. The molecule has 154 valence electrons. The topological polar surface area (TPSA) is 32.8 Å². The Morgan fingerprint density at radius 1 is 1.10 bits per heavy atom. The molecule has 0 atom stereocenters. The summed E-state index contributed by atoms with van der Waals surface area (Å²) in [4.78, 5) is 17.2. The third-order valence-corrected chi connectivity index (χ3v) is 5.05. The fraction of sp³-hybridized carbons (Fsp3) is 0.375. The van der Waals surface area contributed by atoms with E-state index in [0.29, 0.717) is 13.1 Å². The molecule has 0 radical (unpaired) electrons. The Bertz CT molecular complexity index is 817. The molecule has 1 aliphatic heterocycles. The van der Waals surface area contributed by atoms with Crippen molar-refractivity contribution in [3.8, 4) is 0 Å². The van der Waals surface area contributed by atoms with Crippen LogP contribution >= 0.6 is 0 Å². The van der Waals surface area contributed by atoms with Gasteiger partial charge in [-0.25, -0.2) is 4.39 Å². The van der Waals surface area contributed by atoms with Gasteiger partial charge in [-0.05, 0) is 31.0 Å². The zero-order chi connectivity index (χ0) is 20.5. The lowest BCUT2D eigenvalue weighted by atomic mass is 10.1. The van der Waals surface area contributed by atoms with E-state index in [9.17, 15) is 9.18 Å². The van der Waals surface area contributed by atoms with Crippen molar-refractivity contribution in [3.05, 3.63) is 77.1 Å². The molecule has 3 rings (SSSR count). The predicted octanol–water partition coefficient (Wildman–Crippen LogP) is 4.09. The van der Waals surface area contributed by atoms with Crippen molar-refractivity contribution in [3.63, 3.8) is 0 Å². The maximum atomic E-state index is 14.2. The second-order valence-corrected chi connectivity index (χ2v) is 7.42. The Kier molecular flexibility index (Phi) is 7.96. The number of hydrogen-bond donors (Lipinski definition) is 0. The first-order valence-corrected chi connectivity index (χ1v) is 10.2. The Hall–Kier alpha value is -2.50. The monoisotopic (exact) mass is 396 g/mol. The fourth-order valence-corrected chi connectivity index (χ4v) is 3.55. The summed E-state index contributed by atoms with van der Waals surface area (Å²) in [5.41, 5.74) is 2.29. The number of amides is 1. The maximum absolute atomic E-state index is 14.2. The Balaban J connectivity index is 1.69. The molecule has 0 spiro atoms. The minimum atomic E-state index is -0.472. The van der Waals surface area contributed by atoms with Gasteiger partial charge in [-0.2, -0.15) is 0 Å². The van der Waals surface area contributed by atoms with E-state index in [0.717, 1.165) is 50.4 Å². The molecule has 1 aliphatic rings. The van der Waals surface area contributed by atoms with Crippen LogP contribution < -0.4 is 0 Å². The van der Waals surface area contributed by atoms with E-state index >= 15 is 0 Å². The molecular formula is C24H29FN2O2. The van der Waals surface area contributed by atoms with E-state index in [-0.39, 0.29) is 11.5 Å². The summed E-state index contributed by atoms with van der Waals surface area (Å²) in [6.07, 6.45) is 2.92. The van der Waals surface area contributed by atoms with E-state index in [2.05, 4.69) is 11.0 Å². The van der Waals surface area contributed by atoms with Gasteiger partial charge in [0.2, 0.25) is 0 Å². The number of carbonyl (C=O) groups excluding carboxylic acids is 1. The molecule has 1 saturated heterocycles. The molecule has 1 amide bonds. The zero-order valence-electron chi connectivity index (χ0n) is 17.0. The predicted molar refractivity (Wildman–Crippen MR) is 114 cm³/mol. The Labute approximate surface area is 172 Å². The molecular weight excluding hydrogens is 367 g/mol. The highest BCUT2D eigenvalue weighted by Gasteiger charge is 2.20. The summed E-state index contributed by atoms with van der Waals surface area (Å²) in [7, 11) is 0. The van der Waals surface area contributed by atoms with Crippen LogP contribution in [0.1, 0.15) is 29.3 Å². The number of halogens is 1. The van der Waals surface area contributed by atoms with Crippen molar-refractivity contribution in [2.45, 2.75) is 13.3 Å². The Morgan fingerprint density at radius 3 is 2.52 bits per heavy atom. The molecule has 0 N–H and O–H groups in total. The van der Waals surface area contributed by atoms with Crippen LogP contribution in [0.15, 0.2) is 60.2 Å². The Morgan fingerprint density at radius 2 is 1.79 bits per heavy atom. The van der Waals surface area contributed by atoms with Crippen molar-refractivity contribution in [2.24, 2.45) is 0 Å². The average Bonchev–Trinajstić information content (AvgIpc) is 2.74. The molecule has 4 nitrogen and oxygen atoms in total. The number of hydrogen-bond acceptors (Lipinski definition) is 3. The van der Waals surface area contributed by atoms with Gasteiger partial charge < -0.3 is 9.64 Å². The number of carbonyl (C=O) groups is 1. The largest absolute Gasteiger partial charge is 0.379 e. The molecule has 29 heavy (non-hydrogen) atoms. The standard InChI is InChI=1S/C24H29FN2O2/c1-20(18-21-8-3-2-4-9-21)19-27(13-7-12-26-14-16-29-17-15-26)24(28)22-10-5-6-11-23(22)25/h2-6,8-11,18H,7,12-17,19H2,1H3/b20-18+. The summed E-state index contributed by atoms with van der Waals surface area (Å²) < 4.78 is 19.6. The molecule has 0 bridgehead atoms. The summed E-state index contributed by atoms with van der Waals surface area (Å²) >= 11 is 0. The van der Waals surface area contributed by atoms with Gasteiger partial charge in [-0.3, -0.25) is 9.69 Å². The summed E-state index contributed by atoms with van der Waals surface area (Å²) in [6.45, 7) is 7.36. The average molecular weight is 397 g/mol. The quantitative estimate of drug-likeness (QED) is 0.674. The van der Waals surface area contributed by atoms with Crippen LogP contribution in [-0.2, 0) is 4.74 Å². The molecule has 0 aromatic heterocycles. The molecule has 2 aromatic rings. The van der Waals surface area contributed by atoms with E-state index in [4.69, 9.17) is 4.74 Å². The number of ether oxygens (including phenoxy) is 1. The first kappa shape index (κ1) is 21.2. The van der Waals surface area contributed by atoms with E-state index < -0.39 is 5.82 Å².